The molecule has 132 valence electrons. The number of anilines is 1. The topological polar surface area (TPSA) is 76.7 Å². The van der Waals surface area contributed by atoms with Gasteiger partial charge in [-0.15, -0.1) is 0 Å². The first-order chi connectivity index (χ1) is 12.0. The number of carbonyl (C=O) groups excluding carboxylic acids is 2. The van der Waals surface area contributed by atoms with E-state index in [1.54, 1.807) is 25.1 Å². The number of methoxy groups -OCH3 is 1. The van der Waals surface area contributed by atoms with Crippen LogP contribution in [0.4, 0.5) is 10.5 Å². The Labute approximate surface area is 151 Å². The van der Waals surface area contributed by atoms with Gasteiger partial charge >= 0.3 is 6.09 Å². The first-order valence-corrected chi connectivity index (χ1v) is 7.99. The van der Waals surface area contributed by atoms with E-state index in [-0.39, 0.29) is 6.61 Å². The number of alkyl carbamates (subject to hydrolysis) is 1. The number of nitrogens with one attached hydrogen (secondary N) is 2. The smallest absolute Gasteiger partial charge is 0.408 e. The minimum Gasteiger partial charge on any atom is -0.495 e. The van der Waals surface area contributed by atoms with Crippen LogP contribution in [0.1, 0.15) is 12.5 Å². The molecule has 25 heavy (non-hydrogen) atoms. The Morgan fingerprint density at radius 3 is 2.56 bits per heavy atom. The van der Waals surface area contributed by atoms with Gasteiger partial charge in [0.15, 0.2) is 0 Å². The van der Waals surface area contributed by atoms with Crippen LogP contribution in [-0.2, 0) is 16.1 Å². The summed E-state index contributed by atoms with van der Waals surface area (Å²) in [7, 11) is 1.49. The second kappa shape index (κ2) is 8.94. The Morgan fingerprint density at radius 2 is 1.88 bits per heavy atom. The van der Waals surface area contributed by atoms with Crippen LogP contribution in [0, 0.1) is 0 Å². The van der Waals surface area contributed by atoms with E-state index in [9.17, 15) is 9.59 Å². The van der Waals surface area contributed by atoms with Crippen molar-refractivity contribution in [1.29, 1.82) is 0 Å². The molecule has 0 radical (unpaired) electrons. The maximum absolute atomic E-state index is 12.2. The monoisotopic (exact) mass is 362 g/mol. The molecule has 2 amide bonds. The van der Waals surface area contributed by atoms with Gasteiger partial charge in [-0.25, -0.2) is 4.79 Å². The zero-order valence-electron chi connectivity index (χ0n) is 13.9. The summed E-state index contributed by atoms with van der Waals surface area (Å²) in [5.41, 5.74) is 1.28. The fraction of sp³-hybridized carbons (Fsp3) is 0.222. The molecular formula is C18H19ClN2O4. The molecule has 0 spiro atoms. The van der Waals surface area contributed by atoms with E-state index in [2.05, 4.69) is 10.6 Å². The molecule has 2 N–H and O–H groups in total. The molecule has 0 bridgehead atoms. The molecular weight excluding hydrogens is 344 g/mol. The average Bonchev–Trinajstić information content (AvgIpc) is 2.61. The highest BCUT2D eigenvalue weighted by atomic mass is 35.5. The molecule has 0 heterocycles. The van der Waals surface area contributed by atoms with Crippen LogP contribution in [0.3, 0.4) is 0 Å². The van der Waals surface area contributed by atoms with Gasteiger partial charge in [-0.1, -0.05) is 41.9 Å². The van der Waals surface area contributed by atoms with Crippen LogP contribution in [-0.4, -0.2) is 25.2 Å². The zero-order chi connectivity index (χ0) is 18.2. The van der Waals surface area contributed by atoms with Crippen molar-refractivity contribution in [3.05, 3.63) is 59.1 Å². The van der Waals surface area contributed by atoms with Crippen LogP contribution in [0.15, 0.2) is 48.5 Å². The van der Waals surface area contributed by atoms with Crippen molar-refractivity contribution in [1.82, 2.24) is 5.32 Å². The number of benzene rings is 2. The third-order valence-electron chi connectivity index (χ3n) is 3.36. The normalized spacial score (nSPS) is 11.3. The second-order valence-electron chi connectivity index (χ2n) is 5.26. The lowest BCUT2D eigenvalue weighted by Crippen LogP contribution is -2.41. The number of carbonyl (C=O) groups is 2. The summed E-state index contributed by atoms with van der Waals surface area (Å²) in [6.07, 6.45) is -0.676. The molecule has 0 aliphatic heterocycles. The molecule has 7 heteroatoms. The van der Waals surface area contributed by atoms with E-state index in [1.165, 1.54) is 7.11 Å². The van der Waals surface area contributed by atoms with Gasteiger partial charge in [-0.2, -0.15) is 0 Å². The molecule has 0 aromatic heterocycles. The van der Waals surface area contributed by atoms with E-state index in [0.717, 1.165) is 5.56 Å². The fourth-order valence-corrected chi connectivity index (χ4v) is 2.20. The summed E-state index contributed by atoms with van der Waals surface area (Å²) in [6, 6.07) is 13.3. The Bertz CT molecular complexity index is 737. The lowest BCUT2D eigenvalue weighted by Gasteiger charge is -2.16. The van der Waals surface area contributed by atoms with E-state index in [4.69, 9.17) is 21.1 Å². The van der Waals surface area contributed by atoms with Crippen molar-refractivity contribution in [2.24, 2.45) is 0 Å². The van der Waals surface area contributed by atoms with E-state index in [0.29, 0.717) is 16.5 Å². The van der Waals surface area contributed by atoms with Crippen LogP contribution in [0.5, 0.6) is 5.75 Å². The average molecular weight is 363 g/mol. The molecule has 2 rings (SSSR count). The van der Waals surface area contributed by atoms with Crippen molar-refractivity contribution in [2.45, 2.75) is 19.6 Å². The zero-order valence-corrected chi connectivity index (χ0v) is 14.7. The molecule has 0 saturated carbocycles. The highest BCUT2D eigenvalue weighted by Crippen LogP contribution is 2.27. The lowest BCUT2D eigenvalue weighted by atomic mass is 10.2. The summed E-state index contributed by atoms with van der Waals surface area (Å²) in [6.45, 7) is 1.68. The maximum Gasteiger partial charge on any atom is 0.408 e. The van der Waals surface area contributed by atoms with Crippen molar-refractivity contribution in [2.75, 3.05) is 12.4 Å². The molecule has 0 unspecified atom stereocenters. The molecule has 0 aliphatic rings. The number of amides is 2. The molecule has 0 aliphatic carbocycles. The Hall–Kier alpha value is -2.73. The minimum atomic E-state index is -0.799. The molecule has 2 aromatic carbocycles. The van der Waals surface area contributed by atoms with E-state index < -0.39 is 18.0 Å². The highest BCUT2D eigenvalue weighted by Gasteiger charge is 2.18. The van der Waals surface area contributed by atoms with Crippen molar-refractivity contribution in [3.63, 3.8) is 0 Å². The Kier molecular flexibility index (Phi) is 6.65. The van der Waals surface area contributed by atoms with Gasteiger partial charge in [0.2, 0.25) is 5.91 Å². The lowest BCUT2D eigenvalue weighted by molar-refractivity contribution is -0.117. The van der Waals surface area contributed by atoms with Crippen molar-refractivity contribution in [3.8, 4) is 5.75 Å². The SMILES string of the molecule is COc1ccc(Cl)cc1NC(=O)[C@H](C)NC(=O)OCc1ccccc1. The van der Waals surface area contributed by atoms with Crippen LogP contribution < -0.4 is 15.4 Å². The van der Waals surface area contributed by atoms with E-state index >= 15 is 0 Å². The van der Waals surface area contributed by atoms with Gasteiger partial charge in [0.25, 0.3) is 0 Å². The fourth-order valence-electron chi connectivity index (χ4n) is 2.03. The number of hydrogen-bond acceptors (Lipinski definition) is 4. The highest BCUT2D eigenvalue weighted by molar-refractivity contribution is 6.31. The number of halogens is 1. The summed E-state index contributed by atoms with van der Waals surface area (Å²) < 4.78 is 10.3. The third kappa shape index (κ3) is 5.69. The van der Waals surface area contributed by atoms with Crippen LogP contribution in [0.2, 0.25) is 5.02 Å². The quantitative estimate of drug-likeness (QED) is 0.823. The maximum atomic E-state index is 12.2. The Balaban J connectivity index is 1.87. The predicted octanol–water partition coefficient (Wildman–Crippen LogP) is 3.60. The predicted molar refractivity (Wildman–Crippen MR) is 95.9 cm³/mol. The molecule has 0 fully saturated rings. The van der Waals surface area contributed by atoms with Crippen LogP contribution in [0.25, 0.3) is 0 Å². The number of rotatable bonds is 6. The summed E-state index contributed by atoms with van der Waals surface area (Å²) in [5, 5.41) is 5.60. The summed E-state index contributed by atoms with van der Waals surface area (Å²) >= 11 is 5.92. The van der Waals surface area contributed by atoms with Gasteiger partial charge in [0.1, 0.15) is 18.4 Å². The van der Waals surface area contributed by atoms with Gasteiger partial charge in [-0.05, 0) is 30.7 Å². The summed E-state index contributed by atoms with van der Waals surface area (Å²) in [4.78, 5) is 24.0. The van der Waals surface area contributed by atoms with Gasteiger partial charge in [0, 0.05) is 5.02 Å². The number of ether oxygens (including phenoxy) is 2. The minimum absolute atomic E-state index is 0.128. The first-order valence-electron chi connectivity index (χ1n) is 7.61. The van der Waals surface area contributed by atoms with Gasteiger partial charge in [-0.3, -0.25) is 4.79 Å². The standard InChI is InChI=1S/C18H19ClN2O4/c1-12(20-18(23)25-11-13-6-4-3-5-7-13)17(22)21-15-10-14(19)8-9-16(15)24-2/h3-10,12H,11H2,1-2H3,(H,20,23)(H,21,22)/t12-/m0/s1. The van der Waals surface area contributed by atoms with E-state index in [1.807, 2.05) is 30.3 Å². The largest absolute Gasteiger partial charge is 0.495 e. The first kappa shape index (κ1) is 18.6. The van der Waals surface area contributed by atoms with Crippen molar-refractivity contribution >= 4 is 29.3 Å². The molecule has 6 nitrogen and oxygen atoms in total. The summed E-state index contributed by atoms with van der Waals surface area (Å²) in [5.74, 6) is 0.0498. The second-order valence-corrected chi connectivity index (χ2v) is 5.70. The van der Waals surface area contributed by atoms with Crippen molar-refractivity contribution < 1.29 is 19.1 Å². The molecule has 1 atom stereocenters. The number of hydrogen-bond donors (Lipinski definition) is 2. The molecule has 2 aromatic rings. The van der Waals surface area contributed by atoms with Gasteiger partial charge in [0.05, 0.1) is 12.8 Å². The van der Waals surface area contributed by atoms with Gasteiger partial charge < -0.3 is 20.1 Å². The van der Waals surface area contributed by atoms with Crippen LogP contribution >= 0.6 is 11.6 Å². The third-order valence-corrected chi connectivity index (χ3v) is 3.59. The Morgan fingerprint density at radius 1 is 1.16 bits per heavy atom. The molecule has 0 saturated heterocycles.